The van der Waals surface area contributed by atoms with Crippen LogP contribution in [0.4, 0.5) is 5.69 Å². The Morgan fingerprint density at radius 3 is 2.39 bits per heavy atom. The molecule has 1 atom stereocenters. The van der Waals surface area contributed by atoms with Crippen molar-refractivity contribution in [3.8, 4) is 0 Å². The van der Waals surface area contributed by atoms with Crippen LogP contribution in [0, 0.1) is 5.92 Å². The van der Waals surface area contributed by atoms with Crippen LogP contribution >= 0.6 is 0 Å². The second kappa shape index (κ2) is 6.23. The third kappa shape index (κ3) is 5.08. The van der Waals surface area contributed by atoms with Crippen molar-refractivity contribution < 1.29 is 8.42 Å². The molecule has 18 heavy (non-hydrogen) atoms. The Kier molecular flexibility index (Phi) is 5.20. The van der Waals surface area contributed by atoms with E-state index in [2.05, 4.69) is 26.1 Å². The van der Waals surface area contributed by atoms with Gasteiger partial charge in [-0.25, -0.2) is 8.42 Å². The van der Waals surface area contributed by atoms with E-state index in [1.807, 2.05) is 6.07 Å². The molecule has 3 nitrogen and oxygen atoms in total. The summed E-state index contributed by atoms with van der Waals surface area (Å²) in [5, 5.41) is 3.35. The number of hydrogen-bond donors (Lipinski definition) is 1. The highest BCUT2D eigenvalue weighted by atomic mass is 32.2. The highest BCUT2D eigenvalue weighted by molar-refractivity contribution is 7.90. The average Bonchev–Trinajstić information content (AvgIpc) is 2.25. The zero-order valence-corrected chi connectivity index (χ0v) is 12.4. The molecule has 0 heterocycles. The third-order valence-corrected chi connectivity index (χ3v) is 3.96. The molecular weight excluding hydrogens is 246 g/mol. The van der Waals surface area contributed by atoms with Crippen molar-refractivity contribution >= 4 is 15.5 Å². The van der Waals surface area contributed by atoms with E-state index in [0.717, 1.165) is 12.1 Å². The van der Waals surface area contributed by atoms with Crippen LogP contribution in [-0.4, -0.2) is 20.7 Å². The smallest absolute Gasteiger partial charge is 0.175 e. The summed E-state index contributed by atoms with van der Waals surface area (Å²) in [6, 6.07) is 7.34. The van der Waals surface area contributed by atoms with E-state index in [9.17, 15) is 8.42 Å². The van der Waals surface area contributed by atoms with Gasteiger partial charge in [0, 0.05) is 18.0 Å². The molecule has 0 bridgehead atoms. The number of anilines is 1. The maximum Gasteiger partial charge on any atom is 0.175 e. The summed E-state index contributed by atoms with van der Waals surface area (Å²) < 4.78 is 22.9. The molecule has 0 aliphatic carbocycles. The van der Waals surface area contributed by atoms with Crippen molar-refractivity contribution in [3.05, 3.63) is 24.3 Å². The van der Waals surface area contributed by atoms with Crippen LogP contribution in [0.5, 0.6) is 0 Å². The van der Waals surface area contributed by atoms with Gasteiger partial charge in [-0.05, 0) is 43.9 Å². The molecular formula is C14H23NO2S. The van der Waals surface area contributed by atoms with E-state index in [1.165, 1.54) is 12.7 Å². The van der Waals surface area contributed by atoms with Crippen molar-refractivity contribution in [2.75, 3.05) is 11.6 Å². The molecule has 4 heteroatoms. The molecule has 102 valence electrons. The third-order valence-electron chi connectivity index (χ3n) is 2.85. The molecule has 0 aromatic heterocycles. The number of nitrogens with one attached hydrogen (secondary N) is 1. The monoisotopic (exact) mass is 269 g/mol. The van der Waals surface area contributed by atoms with Gasteiger partial charge < -0.3 is 5.32 Å². The number of rotatable bonds is 6. The first-order chi connectivity index (χ1) is 8.29. The average molecular weight is 269 g/mol. The molecule has 1 aromatic carbocycles. The van der Waals surface area contributed by atoms with Crippen molar-refractivity contribution in [2.45, 2.75) is 44.6 Å². The highest BCUT2D eigenvalue weighted by Gasteiger charge is 2.09. The fourth-order valence-corrected chi connectivity index (χ4v) is 2.42. The van der Waals surface area contributed by atoms with E-state index in [4.69, 9.17) is 0 Å². The van der Waals surface area contributed by atoms with Crippen LogP contribution in [0.2, 0.25) is 0 Å². The Morgan fingerprint density at radius 1 is 1.17 bits per heavy atom. The fraction of sp³-hybridized carbons (Fsp3) is 0.571. The molecule has 0 aliphatic heterocycles. The number of hydrogen-bond acceptors (Lipinski definition) is 3. The largest absolute Gasteiger partial charge is 0.383 e. The summed E-state index contributed by atoms with van der Waals surface area (Å²) in [5.41, 5.74) is 0.870. The molecule has 0 spiro atoms. The van der Waals surface area contributed by atoms with Crippen LogP contribution in [0.15, 0.2) is 29.2 Å². The Balaban J connectivity index is 2.68. The van der Waals surface area contributed by atoms with E-state index in [-0.39, 0.29) is 0 Å². The summed E-state index contributed by atoms with van der Waals surface area (Å²) in [7, 11) is -3.13. The standard InChI is InChI=1S/C14H23NO2S/c1-11(2)8-9-12(3)15-13-6-5-7-14(10-13)18(4,16)17/h5-7,10-12,15H,8-9H2,1-4H3. The molecule has 1 rings (SSSR count). The van der Waals surface area contributed by atoms with Gasteiger partial charge in [0.05, 0.1) is 4.90 Å². The summed E-state index contributed by atoms with van der Waals surface area (Å²) in [6.07, 6.45) is 3.48. The van der Waals surface area contributed by atoms with E-state index >= 15 is 0 Å². The Hall–Kier alpha value is -1.03. The molecule has 0 aliphatic rings. The zero-order valence-electron chi connectivity index (χ0n) is 11.6. The quantitative estimate of drug-likeness (QED) is 0.861. The number of benzene rings is 1. The van der Waals surface area contributed by atoms with Gasteiger partial charge in [0.1, 0.15) is 0 Å². The molecule has 0 amide bonds. The molecule has 0 saturated heterocycles. The molecule has 1 N–H and O–H groups in total. The fourth-order valence-electron chi connectivity index (χ4n) is 1.76. The van der Waals surface area contributed by atoms with Crippen LogP contribution in [0.25, 0.3) is 0 Å². The minimum atomic E-state index is -3.13. The SMILES string of the molecule is CC(C)CCC(C)Nc1cccc(S(C)(=O)=O)c1. The van der Waals surface area contributed by atoms with Gasteiger partial charge in [0.25, 0.3) is 0 Å². The summed E-state index contributed by atoms with van der Waals surface area (Å²) in [6.45, 7) is 6.53. The van der Waals surface area contributed by atoms with Gasteiger partial charge in [-0.15, -0.1) is 0 Å². The lowest BCUT2D eigenvalue weighted by Gasteiger charge is -2.16. The lowest BCUT2D eigenvalue weighted by molar-refractivity contribution is 0.527. The lowest BCUT2D eigenvalue weighted by atomic mass is 10.0. The molecule has 0 radical (unpaired) electrons. The van der Waals surface area contributed by atoms with Crippen LogP contribution in [0.3, 0.4) is 0 Å². The van der Waals surface area contributed by atoms with Gasteiger partial charge >= 0.3 is 0 Å². The first kappa shape index (κ1) is 15.0. The Labute approximate surface area is 111 Å². The molecule has 0 saturated carbocycles. The van der Waals surface area contributed by atoms with Crippen molar-refractivity contribution in [1.29, 1.82) is 0 Å². The van der Waals surface area contributed by atoms with E-state index in [0.29, 0.717) is 16.9 Å². The second-order valence-corrected chi connectivity index (χ2v) is 7.33. The van der Waals surface area contributed by atoms with Gasteiger partial charge in [-0.1, -0.05) is 19.9 Å². The van der Waals surface area contributed by atoms with Gasteiger partial charge in [0.2, 0.25) is 0 Å². The first-order valence-electron chi connectivity index (χ1n) is 6.35. The molecule has 1 aromatic rings. The second-order valence-electron chi connectivity index (χ2n) is 5.32. The van der Waals surface area contributed by atoms with Crippen molar-refractivity contribution in [1.82, 2.24) is 0 Å². The summed E-state index contributed by atoms with van der Waals surface area (Å²) >= 11 is 0. The lowest BCUT2D eigenvalue weighted by Crippen LogP contribution is -2.16. The molecule has 1 unspecified atom stereocenters. The van der Waals surface area contributed by atoms with Gasteiger partial charge in [-0.3, -0.25) is 0 Å². The number of sulfone groups is 1. The van der Waals surface area contributed by atoms with Crippen LogP contribution in [-0.2, 0) is 9.84 Å². The van der Waals surface area contributed by atoms with Crippen molar-refractivity contribution in [2.24, 2.45) is 5.92 Å². The first-order valence-corrected chi connectivity index (χ1v) is 8.25. The van der Waals surface area contributed by atoms with Crippen molar-refractivity contribution in [3.63, 3.8) is 0 Å². The Bertz CT molecular complexity index is 480. The van der Waals surface area contributed by atoms with Gasteiger partial charge in [0.15, 0.2) is 9.84 Å². The minimum Gasteiger partial charge on any atom is -0.383 e. The van der Waals surface area contributed by atoms with Gasteiger partial charge in [-0.2, -0.15) is 0 Å². The van der Waals surface area contributed by atoms with Crippen LogP contribution < -0.4 is 5.32 Å². The van der Waals surface area contributed by atoms with Crippen LogP contribution in [0.1, 0.15) is 33.6 Å². The predicted molar refractivity (Wildman–Crippen MR) is 76.7 cm³/mol. The molecule has 0 fully saturated rings. The van der Waals surface area contributed by atoms with E-state index in [1.54, 1.807) is 18.2 Å². The van der Waals surface area contributed by atoms with E-state index < -0.39 is 9.84 Å². The minimum absolute atomic E-state index is 0.349. The zero-order chi connectivity index (χ0) is 13.8. The highest BCUT2D eigenvalue weighted by Crippen LogP contribution is 2.17. The summed E-state index contributed by atoms with van der Waals surface area (Å²) in [5.74, 6) is 0.691. The maximum absolute atomic E-state index is 11.5. The summed E-state index contributed by atoms with van der Waals surface area (Å²) in [4.78, 5) is 0.364. The Morgan fingerprint density at radius 2 is 1.83 bits per heavy atom. The normalized spacial score (nSPS) is 13.6. The maximum atomic E-state index is 11.5. The topological polar surface area (TPSA) is 46.2 Å². The predicted octanol–water partition coefficient (Wildman–Crippen LogP) is 3.33.